The van der Waals surface area contributed by atoms with E-state index in [1.165, 1.54) is 44.6 Å². The van der Waals surface area contributed by atoms with E-state index in [0.29, 0.717) is 23.4 Å². The molecule has 2 aromatic carbocycles. The van der Waals surface area contributed by atoms with Crippen molar-refractivity contribution >= 4 is 29.4 Å². The molecule has 3 rings (SSSR count). The van der Waals surface area contributed by atoms with Crippen LogP contribution in [0.2, 0.25) is 0 Å². The lowest BCUT2D eigenvalue weighted by Gasteiger charge is -2.28. The minimum atomic E-state index is -0.442. The zero-order valence-electron chi connectivity index (χ0n) is 22.1. The average Bonchev–Trinajstić information content (AvgIpc) is 2.90. The molecule has 0 amide bonds. The molecule has 1 aliphatic rings. The number of rotatable bonds is 13. The van der Waals surface area contributed by atoms with Crippen LogP contribution in [0.4, 0.5) is 11.4 Å². The zero-order valence-corrected chi connectivity index (χ0v) is 22.1. The second-order valence-electron chi connectivity index (χ2n) is 10.1. The van der Waals surface area contributed by atoms with Crippen molar-refractivity contribution in [3.05, 3.63) is 65.2 Å². The summed E-state index contributed by atoms with van der Waals surface area (Å²) in [6, 6.07) is 12.3. The zero-order chi connectivity index (χ0) is 26.5. The van der Waals surface area contributed by atoms with Gasteiger partial charge in [-0.25, -0.2) is 9.59 Å². The number of ether oxygens (including phenoxy) is 2. The van der Waals surface area contributed by atoms with Crippen LogP contribution in [0.5, 0.6) is 0 Å². The number of carbonyl (C=O) groups is 2. The average molecular weight is 507 g/mol. The summed E-state index contributed by atoms with van der Waals surface area (Å²) in [6.07, 6.45) is 15.7. The fraction of sp³-hybridized carbons (Fsp3) is 0.484. The Kier molecular flexibility index (Phi) is 11.5. The molecule has 200 valence electrons. The van der Waals surface area contributed by atoms with Crippen molar-refractivity contribution in [3.63, 3.8) is 0 Å². The number of esters is 2. The van der Waals surface area contributed by atoms with Gasteiger partial charge < -0.3 is 20.9 Å². The number of anilines is 2. The van der Waals surface area contributed by atoms with E-state index in [-0.39, 0.29) is 18.7 Å². The Morgan fingerprint density at radius 1 is 0.946 bits per heavy atom. The molecule has 37 heavy (non-hydrogen) atoms. The Labute approximate surface area is 221 Å². The van der Waals surface area contributed by atoms with Gasteiger partial charge in [-0.05, 0) is 79.1 Å². The molecular formula is C31H42N2O4. The molecule has 6 nitrogen and oxygen atoms in total. The molecule has 6 heteroatoms. The molecule has 0 heterocycles. The smallest absolute Gasteiger partial charge is 0.338 e. The number of benzene rings is 2. The van der Waals surface area contributed by atoms with Crippen molar-refractivity contribution in [1.82, 2.24) is 0 Å². The van der Waals surface area contributed by atoms with Crippen molar-refractivity contribution in [2.24, 2.45) is 5.92 Å². The van der Waals surface area contributed by atoms with Gasteiger partial charge in [-0.2, -0.15) is 0 Å². The first kappa shape index (κ1) is 28.3. The molecule has 0 atom stereocenters. The first-order chi connectivity index (χ1) is 17.9. The minimum absolute atomic E-state index is 0.0147. The third-order valence-corrected chi connectivity index (χ3v) is 7.12. The molecule has 0 unspecified atom stereocenters. The van der Waals surface area contributed by atoms with E-state index in [0.717, 1.165) is 42.7 Å². The molecule has 0 bridgehead atoms. The first-order valence-corrected chi connectivity index (χ1v) is 13.7. The van der Waals surface area contributed by atoms with E-state index in [9.17, 15) is 9.59 Å². The SMILES string of the molecule is CCCCCCCC1CCC(OC(=O)c2ccc(C=CC(=O)OCCc3cc(N)ccc3N)cc2)CC1. The van der Waals surface area contributed by atoms with E-state index >= 15 is 0 Å². The van der Waals surface area contributed by atoms with Crippen molar-refractivity contribution in [1.29, 1.82) is 0 Å². The van der Waals surface area contributed by atoms with Crippen molar-refractivity contribution in [2.75, 3.05) is 18.1 Å². The lowest BCUT2D eigenvalue weighted by molar-refractivity contribution is -0.137. The van der Waals surface area contributed by atoms with E-state index in [2.05, 4.69) is 6.92 Å². The Balaban J connectivity index is 1.35. The van der Waals surface area contributed by atoms with Crippen LogP contribution in [0.15, 0.2) is 48.5 Å². The maximum atomic E-state index is 12.6. The molecule has 0 aliphatic heterocycles. The lowest BCUT2D eigenvalue weighted by Crippen LogP contribution is -2.24. The molecular weight excluding hydrogens is 464 g/mol. The van der Waals surface area contributed by atoms with Gasteiger partial charge in [-0.15, -0.1) is 0 Å². The van der Waals surface area contributed by atoms with E-state index in [1.54, 1.807) is 48.5 Å². The van der Waals surface area contributed by atoms with Gasteiger partial charge in [0.1, 0.15) is 6.10 Å². The molecule has 0 spiro atoms. The molecule has 1 saturated carbocycles. The Bertz CT molecular complexity index is 1020. The molecule has 1 aliphatic carbocycles. The standard InChI is InChI=1S/C31H42N2O4/c1-2-3-4-5-6-7-23-10-16-28(17-11-23)37-31(35)25-13-8-24(9-14-25)12-19-30(34)36-21-20-26-22-27(32)15-18-29(26)33/h8-9,12-15,18-19,22-23,28H,2-7,10-11,16-17,20-21,32-33H2,1H3. The van der Waals surface area contributed by atoms with Crippen molar-refractivity contribution in [3.8, 4) is 0 Å². The highest BCUT2D eigenvalue weighted by Crippen LogP contribution is 2.30. The van der Waals surface area contributed by atoms with Gasteiger partial charge in [-0.1, -0.05) is 57.6 Å². The van der Waals surface area contributed by atoms with Crippen LogP contribution in [0.1, 0.15) is 92.6 Å². The molecule has 0 radical (unpaired) electrons. The number of carbonyl (C=O) groups excluding carboxylic acids is 2. The number of nitrogens with two attached hydrogens (primary N) is 2. The fourth-order valence-electron chi connectivity index (χ4n) is 4.84. The van der Waals surface area contributed by atoms with Gasteiger partial charge in [0.05, 0.1) is 12.2 Å². The summed E-state index contributed by atoms with van der Waals surface area (Å²) in [5.74, 6) is 0.0610. The van der Waals surface area contributed by atoms with Crippen LogP contribution < -0.4 is 11.5 Å². The van der Waals surface area contributed by atoms with Crippen molar-refractivity contribution in [2.45, 2.75) is 83.7 Å². The van der Waals surface area contributed by atoms with Gasteiger partial charge in [0.2, 0.25) is 0 Å². The van der Waals surface area contributed by atoms with Crippen molar-refractivity contribution < 1.29 is 19.1 Å². The van der Waals surface area contributed by atoms with Crippen LogP contribution in [0.25, 0.3) is 6.08 Å². The van der Waals surface area contributed by atoms with Crippen LogP contribution in [-0.2, 0) is 20.7 Å². The second kappa shape index (κ2) is 15.1. The largest absolute Gasteiger partial charge is 0.462 e. The summed E-state index contributed by atoms with van der Waals surface area (Å²) in [7, 11) is 0. The van der Waals surface area contributed by atoms with Gasteiger partial charge in [-0.3, -0.25) is 0 Å². The monoisotopic (exact) mass is 506 g/mol. The summed E-state index contributed by atoms with van der Waals surface area (Å²) >= 11 is 0. The van der Waals surface area contributed by atoms with Gasteiger partial charge >= 0.3 is 11.9 Å². The first-order valence-electron chi connectivity index (χ1n) is 13.7. The quantitative estimate of drug-likeness (QED) is 0.135. The Morgan fingerprint density at radius 3 is 2.41 bits per heavy atom. The molecule has 0 saturated heterocycles. The molecule has 1 fully saturated rings. The van der Waals surface area contributed by atoms with Crippen LogP contribution in [0, 0.1) is 5.92 Å². The summed E-state index contributed by atoms with van der Waals surface area (Å²) in [4.78, 5) is 24.6. The topological polar surface area (TPSA) is 105 Å². The summed E-state index contributed by atoms with van der Waals surface area (Å²) in [5.41, 5.74) is 15.1. The summed E-state index contributed by atoms with van der Waals surface area (Å²) in [5, 5.41) is 0. The summed E-state index contributed by atoms with van der Waals surface area (Å²) < 4.78 is 11.0. The maximum Gasteiger partial charge on any atom is 0.338 e. The van der Waals surface area contributed by atoms with E-state index in [1.807, 2.05) is 0 Å². The second-order valence-corrected chi connectivity index (χ2v) is 10.1. The molecule has 2 aromatic rings. The summed E-state index contributed by atoms with van der Waals surface area (Å²) in [6.45, 7) is 2.46. The van der Waals surface area contributed by atoms with Gasteiger partial charge in [0, 0.05) is 23.9 Å². The fourth-order valence-corrected chi connectivity index (χ4v) is 4.84. The number of unbranched alkanes of at least 4 members (excludes halogenated alkanes) is 4. The predicted molar refractivity (Wildman–Crippen MR) is 150 cm³/mol. The number of nitrogen functional groups attached to an aromatic ring is 2. The van der Waals surface area contributed by atoms with E-state index in [4.69, 9.17) is 20.9 Å². The van der Waals surface area contributed by atoms with Gasteiger partial charge in [0.15, 0.2) is 0 Å². The van der Waals surface area contributed by atoms with Crippen LogP contribution in [-0.4, -0.2) is 24.6 Å². The van der Waals surface area contributed by atoms with Crippen LogP contribution >= 0.6 is 0 Å². The predicted octanol–water partition coefficient (Wildman–Crippen LogP) is 6.73. The van der Waals surface area contributed by atoms with Gasteiger partial charge in [0.25, 0.3) is 0 Å². The highest BCUT2D eigenvalue weighted by Gasteiger charge is 2.24. The minimum Gasteiger partial charge on any atom is -0.462 e. The van der Waals surface area contributed by atoms with Crippen LogP contribution in [0.3, 0.4) is 0 Å². The molecule has 4 N–H and O–H groups in total. The maximum absolute atomic E-state index is 12.6. The molecule has 0 aromatic heterocycles. The number of hydrogen-bond acceptors (Lipinski definition) is 6. The van der Waals surface area contributed by atoms with E-state index < -0.39 is 5.97 Å². The number of hydrogen-bond donors (Lipinski definition) is 2. The Morgan fingerprint density at radius 2 is 1.68 bits per heavy atom. The lowest BCUT2D eigenvalue weighted by atomic mass is 9.84. The highest BCUT2D eigenvalue weighted by molar-refractivity contribution is 5.90. The highest BCUT2D eigenvalue weighted by atomic mass is 16.5. The normalized spacial score (nSPS) is 17.5. The third-order valence-electron chi connectivity index (χ3n) is 7.12. The Hall–Kier alpha value is -3.28. The third kappa shape index (κ3) is 9.95.